The van der Waals surface area contributed by atoms with Gasteiger partial charge in [-0.15, -0.1) is 0 Å². The number of alkyl halides is 3. The molecule has 1 unspecified atom stereocenters. The molecule has 0 bridgehead atoms. The molecule has 0 aliphatic carbocycles. The van der Waals surface area contributed by atoms with E-state index in [-0.39, 0.29) is 18.5 Å². The molecule has 31 heavy (non-hydrogen) atoms. The highest BCUT2D eigenvalue weighted by molar-refractivity contribution is 5.95. The zero-order chi connectivity index (χ0) is 22.0. The molecule has 1 atom stereocenters. The number of piperidine rings is 1. The summed E-state index contributed by atoms with van der Waals surface area (Å²) in [6.07, 6.45) is -1.28. The van der Waals surface area contributed by atoms with Crippen LogP contribution in [0, 0.1) is 6.92 Å². The Hall–Kier alpha value is -3.43. The molecule has 1 aliphatic rings. The second kappa shape index (κ2) is 8.37. The van der Waals surface area contributed by atoms with E-state index in [1.165, 1.54) is 6.20 Å². The van der Waals surface area contributed by atoms with Gasteiger partial charge in [0.1, 0.15) is 6.10 Å². The van der Waals surface area contributed by atoms with Gasteiger partial charge in [-0.05, 0) is 38.0 Å². The number of nitrogens with zero attached hydrogens (tertiary/aromatic N) is 5. The number of ether oxygens (including phenoxy) is 1. The van der Waals surface area contributed by atoms with Crippen molar-refractivity contribution in [2.75, 3.05) is 13.1 Å². The predicted molar refractivity (Wildman–Crippen MR) is 105 cm³/mol. The number of likely N-dealkylation sites (tertiary alicyclic amines) is 1. The minimum absolute atomic E-state index is 0.196. The van der Waals surface area contributed by atoms with E-state index in [0.717, 1.165) is 18.0 Å². The summed E-state index contributed by atoms with van der Waals surface area (Å²) in [5.41, 5.74) is 0.964. The van der Waals surface area contributed by atoms with Gasteiger partial charge >= 0.3 is 12.2 Å². The van der Waals surface area contributed by atoms with E-state index in [9.17, 15) is 18.0 Å². The highest BCUT2D eigenvalue weighted by Crippen LogP contribution is 2.28. The Morgan fingerprint density at radius 1 is 1.19 bits per heavy atom. The largest absolute Gasteiger partial charge is 0.458 e. The predicted octanol–water partition coefficient (Wildman–Crippen LogP) is 3.67. The molecule has 1 amide bonds. The molecule has 1 saturated heterocycles. The maximum atomic E-state index is 13.1. The molecule has 0 saturated carbocycles. The second-order valence-electron chi connectivity index (χ2n) is 7.25. The van der Waals surface area contributed by atoms with Gasteiger partial charge in [0.2, 0.25) is 0 Å². The zero-order valence-electron chi connectivity index (χ0n) is 16.7. The Kier molecular flexibility index (Phi) is 5.62. The number of carbonyl (C=O) groups excluding carboxylic acids is 1. The van der Waals surface area contributed by atoms with Gasteiger partial charge in [-0.25, -0.2) is 9.67 Å². The Balaban J connectivity index is 1.47. The lowest BCUT2D eigenvalue weighted by Gasteiger charge is -2.32. The fourth-order valence-electron chi connectivity index (χ4n) is 3.54. The first-order valence-corrected chi connectivity index (χ1v) is 9.79. The molecule has 162 valence electrons. The van der Waals surface area contributed by atoms with Crippen LogP contribution in [0.4, 0.5) is 13.2 Å². The van der Waals surface area contributed by atoms with Crippen molar-refractivity contribution in [3.8, 4) is 11.7 Å². The van der Waals surface area contributed by atoms with Crippen molar-refractivity contribution < 1.29 is 22.7 Å². The summed E-state index contributed by atoms with van der Waals surface area (Å²) in [6, 6.07) is 9.91. The van der Waals surface area contributed by atoms with Gasteiger partial charge in [-0.3, -0.25) is 4.79 Å². The molecule has 1 aromatic carbocycles. The summed E-state index contributed by atoms with van der Waals surface area (Å²) >= 11 is 0. The number of rotatable bonds is 4. The molecule has 1 aliphatic heterocycles. The Bertz CT molecular complexity index is 1070. The Morgan fingerprint density at radius 2 is 1.97 bits per heavy atom. The van der Waals surface area contributed by atoms with Crippen molar-refractivity contribution >= 4 is 5.91 Å². The van der Waals surface area contributed by atoms with Crippen LogP contribution >= 0.6 is 0 Å². The molecule has 1 fully saturated rings. The summed E-state index contributed by atoms with van der Waals surface area (Å²) in [5, 5.41) is 4.33. The number of hydrogen-bond acceptors (Lipinski definition) is 5. The minimum atomic E-state index is -4.58. The smallest absolute Gasteiger partial charge is 0.433 e. The van der Waals surface area contributed by atoms with Crippen molar-refractivity contribution in [2.24, 2.45) is 0 Å². The maximum Gasteiger partial charge on any atom is 0.433 e. The molecule has 10 heteroatoms. The highest BCUT2D eigenvalue weighted by atomic mass is 19.4. The zero-order valence-corrected chi connectivity index (χ0v) is 16.7. The molecule has 3 aromatic rings. The number of para-hydroxylation sites is 1. The third kappa shape index (κ3) is 4.52. The monoisotopic (exact) mass is 431 g/mol. The van der Waals surface area contributed by atoms with Crippen LogP contribution in [0.3, 0.4) is 0 Å². The van der Waals surface area contributed by atoms with Crippen molar-refractivity contribution in [1.82, 2.24) is 24.6 Å². The first kappa shape index (κ1) is 20.8. The van der Waals surface area contributed by atoms with Gasteiger partial charge in [-0.1, -0.05) is 18.2 Å². The fraction of sp³-hybridized carbons (Fsp3) is 0.333. The first-order chi connectivity index (χ1) is 14.8. The summed E-state index contributed by atoms with van der Waals surface area (Å²) in [4.78, 5) is 21.9. The summed E-state index contributed by atoms with van der Waals surface area (Å²) < 4.78 is 45.8. The van der Waals surface area contributed by atoms with Crippen LogP contribution in [0.25, 0.3) is 5.69 Å². The summed E-state index contributed by atoms with van der Waals surface area (Å²) in [6.45, 7) is 2.58. The SMILES string of the molecule is Cc1c(C(=O)N2CCCC(Oc3nccc(C(F)(F)F)n3)C2)cnn1-c1ccccc1. The molecule has 0 spiro atoms. The van der Waals surface area contributed by atoms with Gasteiger partial charge in [0.15, 0.2) is 5.69 Å². The standard InChI is InChI=1S/C21H20F3N5O2/c1-14-17(12-26-29(14)15-6-3-2-4-7-15)19(30)28-11-5-8-16(13-28)31-20-25-10-9-18(27-20)21(22,23)24/h2-4,6-7,9-10,12,16H,5,8,11,13H2,1H3. The lowest BCUT2D eigenvalue weighted by Crippen LogP contribution is -2.44. The van der Waals surface area contributed by atoms with E-state index >= 15 is 0 Å². The number of aromatic nitrogens is 4. The lowest BCUT2D eigenvalue weighted by molar-refractivity contribution is -0.141. The van der Waals surface area contributed by atoms with E-state index < -0.39 is 18.0 Å². The van der Waals surface area contributed by atoms with Gasteiger partial charge < -0.3 is 9.64 Å². The third-order valence-corrected chi connectivity index (χ3v) is 5.10. The third-order valence-electron chi connectivity index (χ3n) is 5.10. The van der Waals surface area contributed by atoms with Gasteiger partial charge in [-0.2, -0.15) is 23.3 Å². The first-order valence-electron chi connectivity index (χ1n) is 9.79. The van der Waals surface area contributed by atoms with Crippen LogP contribution in [-0.2, 0) is 6.18 Å². The summed E-state index contributed by atoms with van der Waals surface area (Å²) in [7, 11) is 0. The maximum absolute atomic E-state index is 13.1. The van der Waals surface area contributed by atoms with E-state index in [2.05, 4.69) is 15.1 Å². The minimum Gasteiger partial charge on any atom is -0.458 e. The average Bonchev–Trinajstić information content (AvgIpc) is 3.15. The number of benzene rings is 1. The Morgan fingerprint density at radius 3 is 2.71 bits per heavy atom. The number of hydrogen-bond donors (Lipinski definition) is 0. The van der Waals surface area contributed by atoms with Crippen molar-refractivity contribution in [2.45, 2.75) is 32.0 Å². The lowest BCUT2D eigenvalue weighted by atomic mass is 10.1. The van der Waals surface area contributed by atoms with Gasteiger partial charge in [0.25, 0.3) is 5.91 Å². The van der Waals surface area contributed by atoms with Gasteiger partial charge in [0, 0.05) is 12.7 Å². The van der Waals surface area contributed by atoms with Crippen LogP contribution < -0.4 is 4.74 Å². The van der Waals surface area contributed by atoms with Crippen LogP contribution in [-0.4, -0.2) is 49.7 Å². The topological polar surface area (TPSA) is 73.1 Å². The molecule has 4 rings (SSSR count). The van der Waals surface area contributed by atoms with E-state index in [1.54, 1.807) is 9.58 Å². The summed E-state index contributed by atoms with van der Waals surface area (Å²) in [5.74, 6) is -0.196. The Labute approximate surface area is 176 Å². The van der Waals surface area contributed by atoms with Crippen LogP contribution in [0.2, 0.25) is 0 Å². The van der Waals surface area contributed by atoms with Crippen LogP contribution in [0.15, 0.2) is 48.8 Å². The van der Waals surface area contributed by atoms with Gasteiger partial charge in [0.05, 0.1) is 29.7 Å². The van der Waals surface area contributed by atoms with Crippen LogP contribution in [0.5, 0.6) is 6.01 Å². The van der Waals surface area contributed by atoms with Crippen molar-refractivity contribution in [3.05, 3.63) is 65.7 Å². The van der Waals surface area contributed by atoms with Crippen LogP contribution in [0.1, 0.15) is 34.6 Å². The number of amides is 1. The van der Waals surface area contributed by atoms with E-state index in [1.807, 2.05) is 37.3 Å². The van der Waals surface area contributed by atoms with Crippen molar-refractivity contribution in [1.29, 1.82) is 0 Å². The van der Waals surface area contributed by atoms with E-state index in [0.29, 0.717) is 30.6 Å². The number of carbonyl (C=O) groups is 1. The fourth-order valence-corrected chi connectivity index (χ4v) is 3.54. The normalized spacial score (nSPS) is 16.9. The molecule has 3 heterocycles. The van der Waals surface area contributed by atoms with Crippen molar-refractivity contribution in [3.63, 3.8) is 0 Å². The van der Waals surface area contributed by atoms with E-state index in [4.69, 9.17) is 4.74 Å². The molecular weight excluding hydrogens is 411 g/mol. The second-order valence-corrected chi connectivity index (χ2v) is 7.25. The molecular formula is C21H20F3N5O2. The molecule has 7 nitrogen and oxygen atoms in total. The number of halogens is 3. The quantitative estimate of drug-likeness (QED) is 0.630. The average molecular weight is 431 g/mol. The molecule has 0 radical (unpaired) electrons. The molecule has 2 aromatic heterocycles. The highest BCUT2D eigenvalue weighted by Gasteiger charge is 2.34. The molecule has 0 N–H and O–H groups in total.